The number of hydrogen-bond donors (Lipinski definition) is 0. The van der Waals surface area contributed by atoms with Crippen LogP contribution >= 0.6 is 0 Å². The van der Waals surface area contributed by atoms with Crippen molar-refractivity contribution in [2.45, 2.75) is 46.0 Å². The molecule has 0 atom stereocenters. The molecule has 0 unspecified atom stereocenters. The molecule has 0 radical (unpaired) electrons. The number of hydrogen-bond acceptors (Lipinski definition) is 3. The number of aromatic nitrogens is 2. The molecule has 1 aliphatic heterocycles. The van der Waals surface area contributed by atoms with Gasteiger partial charge in [-0.15, -0.1) is 0 Å². The number of pyridine rings is 1. The van der Waals surface area contributed by atoms with E-state index >= 15 is 0 Å². The van der Waals surface area contributed by atoms with Crippen molar-refractivity contribution in [1.82, 2.24) is 9.61 Å². The van der Waals surface area contributed by atoms with Gasteiger partial charge in [0, 0.05) is 25.1 Å². The smallest absolute Gasteiger partial charge is 0.164 e. The largest absolute Gasteiger partial charge is 0.357 e. The average molecular weight is 285 g/mol. The summed E-state index contributed by atoms with van der Waals surface area (Å²) in [5, 5.41) is 4.71. The summed E-state index contributed by atoms with van der Waals surface area (Å²) in [7, 11) is 0. The number of anilines is 1. The first kappa shape index (κ1) is 14.1. The van der Waals surface area contributed by atoms with Gasteiger partial charge < -0.3 is 4.90 Å². The number of ketones is 1. The van der Waals surface area contributed by atoms with Gasteiger partial charge in [-0.1, -0.05) is 13.8 Å². The topological polar surface area (TPSA) is 37.6 Å². The van der Waals surface area contributed by atoms with Crippen LogP contribution in [0.2, 0.25) is 0 Å². The van der Waals surface area contributed by atoms with Gasteiger partial charge in [0.15, 0.2) is 5.78 Å². The number of rotatable bonds is 4. The standard InChI is InChI=1S/C17H23N3O/c1-3-13-12-15-14(16(21)4-2)8-9-17(20(15)18-13)19-10-6-5-7-11-19/h8-9,12H,3-7,10-11H2,1-2H3. The van der Waals surface area contributed by atoms with Gasteiger partial charge in [-0.25, -0.2) is 4.52 Å². The summed E-state index contributed by atoms with van der Waals surface area (Å²) in [5.74, 6) is 1.31. The summed E-state index contributed by atoms with van der Waals surface area (Å²) >= 11 is 0. The molecular weight excluding hydrogens is 262 g/mol. The summed E-state index contributed by atoms with van der Waals surface area (Å²) in [6.07, 6.45) is 5.20. The van der Waals surface area contributed by atoms with E-state index in [1.54, 1.807) is 0 Å². The quantitative estimate of drug-likeness (QED) is 0.807. The van der Waals surface area contributed by atoms with Gasteiger partial charge in [-0.2, -0.15) is 5.10 Å². The highest BCUT2D eigenvalue weighted by Crippen LogP contribution is 2.25. The summed E-state index contributed by atoms with van der Waals surface area (Å²) in [5.41, 5.74) is 2.80. The van der Waals surface area contributed by atoms with Crippen molar-refractivity contribution in [2.24, 2.45) is 0 Å². The Kier molecular flexibility index (Phi) is 3.95. The molecule has 1 fully saturated rings. The zero-order valence-electron chi connectivity index (χ0n) is 12.9. The lowest BCUT2D eigenvalue weighted by atomic mass is 10.1. The lowest BCUT2D eigenvalue weighted by Gasteiger charge is -2.29. The number of aryl methyl sites for hydroxylation is 1. The fourth-order valence-corrected chi connectivity index (χ4v) is 3.07. The Bertz CT molecular complexity index is 653. The van der Waals surface area contributed by atoms with Crippen molar-refractivity contribution in [3.63, 3.8) is 0 Å². The van der Waals surface area contributed by atoms with Crippen molar-refractivity contribution < 1.29 is 4.79 Å². The minimum absolute atomic E-state index is 0.188. The first-order valence-corrected chi connectivity index (χ1v) is 8.04. The van der Waals surface area contributed by atoms with E-state index in [9.17, 15) is 4.79 Å². The highest BCUT2D eigenvalue weighted by atomic mass is 16.1. The van der Waals surface area contributed by atoms with Gasteiger partial charge in [0.05, 0.1) is 11.2 Å². The first-order chi connectivity index (χ1) is 10.2. The summed E-state index contributed by atoms with van der Waals surface area (Å²) < 4.78 is 1.98. The Hall–Kier alpha value is -1.84. The SMILES string of the molecule is CCC(=O)c1ccc(N2CCCCC2)n2nc(CC)cc12. The van der Waals surface area contributed by atoms with E-state index in [1.165, 1.54) is 19.3 Å². The van der Waals surface area contributed by atoms with Crippen molar-refractivity contribution in [1.29, 1.82) is 0 Å². The molecule has 1 aliphatic rings. The van der Waals surface area contributed by atoms with Crippen LogP contribution in [0.25, 0.3) is 5.52 Å². The third kappa shape index (κ3) is 2.55. The van der Waals surface area contributed by atoms with E-state index in [0.29, 0.717) is 6.42 Å². The Morgan fingerprint density at radius 3 is 2.62 bits per heavy atom. The molecule has 3 heterocycles. The second-order valence-electron chi connectivity index (χ2n) is 5.72. The molecule has 0 spiro atoms. The lowest BCUT2D eigenvalue weighted by molar-refractivity contribution is 0.0989. The fourth-order valence-electron chi connectivity index (χ4n) is 3.07. The van der Waals surface area contributed by atoms with Gasteiger partial charge in [0.2, 0.25) is 0 Å². The Morgan fingerprint density at radius 1 is 1.19 bits per heavy atom. The van der Waals surface area contributed by atoms with Gasteiger partial charge in [0.25, 0.3) is 0 Å². The van der Waals surface area contributed by atoms with Gasteiger partial charge >= 0.3 is 0 Å². The third-order valence-corrected chi connectivity index (χ3v) is 4.32. The minimum Gasteiger partial charge on any atom is -0.357 e. The molecule has 0 amide bonds. The monoisotopic (exact) mass is 285 g/mol. The van der Waals surface area contributed by atoms with Crippen molar-refractivity contribution in [3.8, 4) is 0 Å². The third-order valence-electron chi connectivity index (χ3n) is 4.32. The molecule has 0 saturated carbocycles. The molecule has 21 heavy (non-hydrogen) atoms. The molecule has 4 nitrogen and oxygen atoms in total. The molecule has 0 N–H and O–H groups in total. The van der Waals surface area contributed by atoms with Crippen molar-refractivity contribution in [3.05, 3.63) is 29.5 Å². The van der Waals surface area contributed by atoms with Crippen LogP contribution < -0.4 is 4.90 Å². The zero-order valence-corrected chi connectivity index (χ0v) is 12.9. The minimum atomic E-state index is 0.188. The first-order valence-electron chi connectivity index (χ1n) is 8.04. The Labute approximate surface area is 125 Å². The van der Waals surface area contributed by atoms with E-state index in [1.807, 2.05) is 17.5 Å². The van der Waals surface area contributed by atoms with Crippen molar-refractivity contribution >= 4 is 17.1 Å². The molecule has 0 aromatic carbocycles. The fraction of sp³-hybridized carbons (Fsp3) is 0.529. The summed E-state index contributed by atoms with van der Waals surface area (Å²) in [6, 6.07) is 6.11. The second-order valence-corrected chi connectivity index (χ2v) is 5.72. The van der Waals surface area contributed by atoms with E-state index in [4.69, 9.17) is 5.10 Å². The lowest BCUT2D eigenvalue weighted by Crippen LogP contribution is -2.31. The highest BCUT2D eigenvalue weighted by Gasteiger charge is 2.18. The van der Waals surface area contributed by atoms with Crippen molar-refractivity contribution in [2.75, 3.05) is 18.0 Å². The molecule has 0 aliphatic carbocycles. The molecule has 1 saturated heterocycles. The number of piperidine rings is 1. The van der Waals surface area contributed by atoms with Crippen LogP contribution in [0.4, 0.5) is 5.82 Å². The van der Waals surface area contributed by atoms with Crippen LogP contribution in [0.5, 0.6) is 0 Å². The van der Waals surface area contributed by atoms with Crippen LogP contribution in [0, 0.1) is 0 Å². The van der Waals surface area contributed by atoms with E-state index < -0.39 is 0 Å². The summed E-state index contributed by atoms with van der Waals surface area (Å²) in [4.78, 5) is 14.5. The predicted molar refractivity (Wildman–Crippen MR) is 85.3 cm³/mol. The molecule has 4 heteroatoms. The average Bonchev–Trinajstić information content (AvgIpc) is 2.98. The van der Waals surface area contributed by atoms with Gasteiger partial charge in [-0.3, -0.25) is 4.79 Å². The van der Waals surface area contributed by atoms with Crippen LogP contribution in [-0.2, 0) is 6.42 Å². The van der Waals surface area contributed by atoms with Crippen LogP contribution in [0.1, 0.15) is 55.6 Å². The van der Waals surface area contributed by atoms with Crippen LogP contribution in [-0.4, -0.2) is 28.5 Å². The molecular formula is C17H23N3O. The zero-order chi connectivity index (χ0) is 14.8. The number of carbonyl (C=O) groups is 1. The van der Waals surface area contributed by atoms with E-state index in [2.05, 4.69) is 24.0 Å². The number of fused-ring (bicyclic) bond motifs is 1. The maximum absolute atomic E-state index is 12.2. The Balaban J connectivity index is 2.13. The number of nitrogens with zero attached hydrogens (tertiary/aromatic N) is 3. The predicted octanol–water partition coefficient (Wildman–Crippen LogP) is 3.48. The molecule has 2 aromatic heterocycles. The second kappa shape index (κ2) is 5.88. The molecule has 0 bridgehead atoms. The maximum atomic E-state index is 12.2. The van der Waals surface area contributed by atoms with Crippen LogP contribution in [0.15, 0.2) is 18.2 Å². The Morgan fingerprint density at radius 2 is 1.95 bits per heavy atom. The normalized spacial score (nSPS) is 15.6. The maximum Gasteiger partial charge on any atom is 0.164 e. The van der Waals surface area contributed by atoms with Gasteiger partial charge in [0.1, 0.15) is 5.82 Å². The summed E-state index contributed by atoms with van der Waals surface area (Å²) in [6.45, 7) is 6.17. The van der Waals surface area contributed by atoms with Crippen LogP contribution in [0.3, 0.4) is 0 Å². The molecule has 112 valence electrons. The van der Waals surface area contributed by atoms with E-state index in [-0.39, 0.29) is 5.78 Å². The number of carbonyl (C=O) groups excluding carboxylic acids is 1. The number of Topliss-reactive ketones (excluding diaryl/α,β-unsaturated/α-hetero) is 1. The molecule has 2 aromatic rings. The van der Waals surface area contributed by atoms with Gasteiger partial charge in [-0.05, 0) is 43.9 Å². The van der Waals surface area contributed by atoms with E-state index in [0.717, 1.165) is 42.1 Å². The highest BCUT2D eigenvalue weighted by molar-refractivity contribution is 6.02. The molecule has 3 rings (SSSR count).